The maximum atomic E-state index is 13.2. The maximum absolute atomic E-state index is 13.2. The first-order valence-electron chi connectivity index (χ1n) is 6.60. The molecule has 6 heteroatoms. The van der Waals surface area contributed by atoms with Crippen molar-refractivity contribution in [3.8, 4) is 0 Å². The molecule has 108 valence electrons. The van der Waals surface area contributed by atoms with Crippen molar-refractivity contribution in [2.45, 2.75) is 39.3 Å². The van der Waals surface area contributed by atoms with E-state index in [4.69, 9.17) is 0 Å². The third kappa shape index (κ3) is 3.01. The van der Waals surface area contributed by atoms with Gasteiger partial charge in [0.1, 0.15) is 5.82 Å². The van der Waals surface area contributed by atoms with Gasteiger partial charge in [0.2, 0.25) is 0 Å². The number of benzene rings is 1. The Bertz CT molecular complexity index is 598. The van der Waals surface area contributed by atoms with Gasteiger partial charge in [0.05, 0.1) is 12.6 Å². The second-order valence-electron chi connectivity index (χ2n) is 4.52. The van der Waals surface area contributed by atoms with Crippen molar-refractivity contribution in [3.05, 3.63) is 47.0 Å². The number of halogens is 2. The highest BCUT2D eigenvalue weighted by Crippen LogP contribution is 2.18. The van der Waals surface area contributed by atoms with Gasteiger partial charge in [-0.25, -0.2) is 18.4 Å². The monoisotopic (exact) mass is 281 g/mol. The molecule has 0 aliphatic heterocycles. The summed E-state index contributed by atoms with van der Waals surface area (Å²) in [5.41, 5.74) is 0.319. The van der Waals surface area contributed by atoms with Gasteiger partial charge in [0.15, 0.2) is 17.5 Å². The number of hydrogen-bond donors (Lipinski definition) is 1. The Hall–Kier alpha value is -1.82. The van der Waals surface area contributed by atoms with Crippen molar-refractivity contribution in [1.82, 2.24) is 14.8 Å². The van der Waals surface area contributed by atoms with Crippen LogP contribution in [0.5, 0.6) is 0 Å². The van der Waals surface area contributed by atoms with Crippen molar-refractivity contribution in [2.24, 2.45) is 0 Å². The van der Waals surface area contributed by atoms with Gasteiger partial charge in [-0.05, 0) is 17.7 Å². The first-order valence-corrected chi connectivity index (χ1v) is 6.60. The topological polar surface area (TPSA) is 50.9 Å². The third-order valence-electron chi connectivity index (χ3n) is 3.10. The minimum atomic E-state index is -0.967. The summed E-state index contributed by atoms with van der Waals surface area (Å²) >= 11 is 0. The fraction of sp³-hybridized carbons (Fsp3) is 0.429. The Morgan fingerprint density at radius 3 is 2.55 bits per heavy atom. The number of aliphatic hydroxyl groups is 1. The maximum Gasteiger partial charge on any atom is 0.159 e. The molecule has 0 spiro atoms. The lowest BCUT2D eigenvalue weighted by Crippen LogP contribution is -2.13. The molecule has 1 N–H and O–H groups in total. The number of aromatic nitrogens is 3. The van der Waals surface area contributed by atoms with Gasteiger partial charge in [-0.15, -0.1) is 0 Å². The first-order chi connectivity index (χ1) is 9.55. The van der Waals surface area contributed by atoms with Crippen molar-refractivity contribution >= 4 is 0 Å². The van der Waals surface area contributed by atoms with E-state index in [1.54, 1.807) is 4.68 Å². The van der Waals surface area contributed by atoms with Crippen LogP contribution in [0.15, 0.2) is 18.2 Å². The third-order valence-corrected chi connectivity index (χ3v) is 3.10. The molecule has 0 aliphatic rings. The largest absolute Gasteiger partial charge is 0.386 e. The van der Waals surface area contributed by atoms with E-state index >= 15 is 0 Å². The van der Waals surface area contributed by atoms with Crippen LogP contribution in [0.4, 0.5) is 8.78 Å². The Morgan fingerprint density at radius 2 is 1.95 bits per heavy atom. The van der Waals surface area contributed by atoms with Gasteiger partial charge in [-0.3, -0.25) is 0 Å². The van der Waals surface area contributed by atoms with Crippen molar-refractivity contribution < 1.29 is 13.9 Å². The molecule has 1 heterocycles. The Kier molecular flexibility index (Phi) is 4.44. The highest BCUT2D eigenvalue weighted by atomic mass is 19.2. The van der Waals surface area contributed by atoms with Gasteiger partial charge < -0.3 is 5.11 Å². The molecule has 1 aromatic carbocycles. The van der Waals surface area contributed by atoms with Crippen LogP contribution in [0.3, 0.4) is 0 Å². The van der Waals surface area contributed by atoms with Crippen LogP contribution in [0.25, 0.3) is 0 Å². The Morgan fingerprint density at radius 1 is 1.20 bits per heavy atom. The molecule has 2 aromatic rings. The van der Waals surface area contributed by atoms with Crippen LogP contribution in [0.2, 0.25) is 0 Å². The molecule has 1 unspecified atom stereocenters. The lowest BCUT2D eigenvalue weighted by atomic mass is 10.1. The Balaban J connectivity index is 2.20. The summed E-state index contributed by atoms with van der Waals surface area (Å²) < 4.78 is 27.7. The lowest BCUT2D eigenvalue weighted by molar-refractivity contribution is 0.149. The number of aryl methyl sites for hydroxylation is 2. The van der Waals surface area contributed by atoms with Crippen LogP contribution >= 0.6 is 0 Å². The molecular formula is C14H17F2N3O. The fourth-order valence-corrected chi connectivity index (χ4v) is 1.97. The van der Waals surface area contributed by atoms with Crippen LogP contribution in [-0.2, 0) is 19.4 Å². The molecule has 1 atom stereocenters. The molecule has 0 aliphatic carbocycles. The van der Waals surface area contributed by atoms with E-state index in [1.165, 1.54) is 6.07 Å². The summed E-state index contributed by atoms with van der Waals surface area (Å²) in [6.07, 6.45) is 0.445. The summed E-state index contributed by atoms with van der Waals surface area (Å²) in [4.78, 5) is 4.33. The lowest BCUT2D eigenvalue weighted by Gasteiger charge is -2.12. The predicted octanol–water partition coefficient (Wildman–Crippen LogP) is 2.41. The molecule has 4 nitrogen and oxygen atoms in total. The van der Waals surface area contributed by atoms with E-state index in [-0.39, 0.29) is 6.54 Å². The molecule has 0 saturated carbocycles. The minimum Gasteiger partial charge on any atom is -0.386 e. The average molecular weight is 281 g/mol. The van der Waals surface area contributed by atoms with Gasteiger partial charge >= 0.3 is 0 Å². The highest BCUT2D eigenvalue weighted by Gasteiger charge is 2.15. The SMILES string of the molecule is CCc1nc(CC)n(CC(O)c2ccc(F)c(F)c2)n1. The summed E-state index contributed by atoms with van der Waals surface area (Å²) in [5.74, 6) is -0.419. The van der Waals surface area contributed by atoms with Crippen LogP contribution < -0.4 is 0 Å². The second kappa shape index (κ2) is 6.09. The molecule has 1 aromatic heterocycles. The van der Waals surface area contributed by atoms with Gasteiger partial charge in [-0.1, -0.05) is 19.9 Å². The van der Waals surface area contributed by atoms with Crippen LogP contribution in [0, 0.1) is 11.6 Å². The van der Waals surface area contributed by atoms with Gasteiger partial charge in [0, 0.05) is 12.8 Å². The highest BCUT2D eigenvalue weighted by molar-refractivity contribution is 5.20. The summed E-state index contributed by atoms with van der Waals surface area (Å²) in [5, 5.41) is 14.4. The smallest absolute Gasteiger partial charge is 0.159 e. The van der Waals surface area contributed by atoms with Gasteiger partial charge in [0.25, 0.3) is 0 Å². The quantitative estimate of drug-likeness (QED) is 0.915. The number of rotatable bonds is 5. The molecule has 0 fully saturated rings. The minimum absolute atomic E-state index is 0.168. The van der Waals surface area contributed by atoms with E-state index in [9.17, 15) is 13.9 Å². The number of hydrogen-bond acceptors (Lipinski definition) is 3. The van der Waals surface area contributed by atoms with E-state index in [1.807, 2.05) is 13.8 Å². The zero-order valence-electron chi connectivity index (χ0n) is 11.5. The number of aliphatic hydroxyl groups excluding tert-OH is 1. The van der Waals surface area contributed by atoms with Crippen molar-refractivity contribution in [1.29, 1.82) is 0 Å². The zero-order chi connectivity index (χ0) is 14.7. The molecule has 0 bridgehead atoms. The van der Waals surface area contributed by atoms with E-state index < -0.39 is 17.7 Å². The fourth-order valence-electron chi connectivity index (χ4n) is 1.97. The summed E-state index contributed by atoms with van der Waals surface area (Å²) in [7, 11) is 0. The molecule has 20 heavy (non-hydrogen) atoms. The van der Waals surface area contributed by atoms with Crippen LogP contribution in [-0.4, -0.2) is 19.9 Å². The molecule has 0 amide bonds. The first kappa shape index (κ1) is 14.6. The van der Waals surface area contributed by atoms with E-state index in [2.05, 4.69) is 10.1 Å². The predicted molar refractivity (Wildman–Crippen MR) is 70.1 cm³/mol. The normalized spacial score (nSPS) is 12.7. The average Bonchev–Trinajstić information content (AvgIpc) is 2.84. The van der Waals surface area contributed by atoms with Gasteiger partial charge in [-0.2, -0.15) is 5.10 Å². The van der Waals surface area contributed by atoms with Crippen LogP contribution in [0.1, 0.15) is 37.2 Å². The van der Waals surface area contributed by atoms with E-state index in [0.29, 0.717) is 24.2 Å². The summed E-state index contributed by atoms with van der Waals surface area (Å²) in [6, 6.07) is 3.38. The molecule has 0 radical (unpaired) electrons. The molecule has 2 rings (SSSR count). The van der Waals surface area contributed by atoms with Crippen molar-refractivity contribution in [2.75, 3.05) is 0 Å². The molecular weight excluding hydrogens is 264 g/mol. The summed E-state index contributed by atoms with van der Waals surface area (Å²) in [6.45, 7) is 4.07. The Labute approximate surface area is 116 Å². The standard InChI is InChI=1S/C14H17F2N3O/c1-3-13-17-14(4-2)19(18-13)8-12(20)9-5-6-10(15)11(16)7-9/h5-7,12,20H,3-4,8H2,1-2H3. The van der Waals surface area contributed by atoms with Crippen molar-refractivity contribution in [3.63, 3.8) is 0 Å². The molecule has 0 saturated heterocycles. The second-order valence-corrected chi connectivity index (χ2v) is 4.52. The van der Waals surface area contributed by atoms with E-state index in [0.717, 1.165) is 18.0 Å². The zero-order valence-corrected chi connectivity index (χ0v) is 11.5. The number of nitrogens with zero attached hydrogens (tertiary/aromatic N) is 3.